The lowest BCUT2D eigenvalue weighted by Gasteiger charge is -2.24. The van der Waals surface area contributed by atoms with E-state index in [1.54, 1.807) is 36.4 Å². The quantitative estimate of drug-likeness (QED) is 0.717. The molecule has 0 radical (unpaired) electrons. The van der Waals surface area contributed by atoms with E-state index in [0.717, 1.165) is 25.7 Å². The van der Waals surface area contributed by atoms with E-state index in [1.165, 1.54) is 20.6 Å². The minimum absolute atomic E-state index is 0.136. The lowest BCUT2D eigenvalue weighted by molar-refractivity contribution is 0.0928. The summed E-state index contributed by atoms with van der Waals surface area (Å²) < 4.78 is 10.7. The smallest absolute Gasteiger partial charge is 0.257 e. The molecule has 0 saturated heterocycles. The standard InChI is InChI=1S/C22H25ClN2O4/c1-28-19-12-16(22(27)24-14-8-4-3-5-9-14)18(13-20(19)29-2)25-21(26)15-10-6-7-11-17(15)23/h6-7,10-14H,3-5,8-9H2,1-2H3,(H,24,27)(H,25,26). The molecule has 2 amide bonds. The van der Waals surface area contributed by atoms with E-state index < -0.39 is 5.91 Å². The fourth-order valence-electron chi connectivity index (χ4n) is 3.52. The van der Waals surface area contributed by atoms with Gasteiger partial charge in [-0.3, -0.25) is 9.59 Å². The van der Waals surface area contributed by atoms with Gasteiger partial charge in [0.2, 0.25) is 0 Å². The molecular formula is C22H25ClN2O4. The number of halogens is 1. The number of carbonyl (C=O) groups excluding carboxylic acids is 2. The van der Waals surface area contributed by atoms with E-state index in [4.69, 9.17) is 21.1 Å². The number of nitrogens with one attached hydrogen (secondary N) is 2. The molecule has 6 nitrogen and oxygen atoms in total. The van der Waals surface area contributed by atoms with Crippen LogP contribution in [0.4, 0.5) is 5.69 Å². The van der Waals surface area contributed by atoms with Crippen molar-refractivity contribution in [1.82, 2.24) is 5.32 Å². The molecule has 7 heteroatoms. The molecular weight excluding hydrogens is 392 g/mol. The highest BCUT2D eigenvalue weighted by Gasteiger charge is 2.22. The lowest BCUT2D eigenvalue weighted by atomic mass is 9.95. The number of anilines is 1. The number of benzene rings is 2. The average Bonchev–Trinajstić information content (AvgIpc) is 2.74. The zero-order chi connectivity index (χ0) is 20.8. The third kappa shape index (κ3) is 5.01. The van der Waals surface area contributed by atoms with Crippen LogP contribution in [0.3, 0.4) is 0 Å². The van der Waals surface area contributed by atoms with Crippen LogP contribution in [-0.2, 0) is 0 Å². The van der Waals surface area contributed by atoms with Crippen molar-refractivity contribution < 1.29 is 19.1 Å². The Labute approximate surface area is 175 Å². The fraction of sp³-hybridized carbons (Fsp3) is 0.364. The summed E-state index contributed by atoms with van der Waals surface area (Å²) in [5, 5.41) is 6.20. The second kappa shape index (κ2) is 9.65. The van der Waals surface area contributed by atoms with Gasteiger partial charge in [-0.15, -0.1) is 0 Å². The van der Waals surface area contributed by atoms with Gasteiger partial charge in [0.1, 0.15) is 0 Å². The van der Waals surface area contributed by atoms with Crippen LogP contribution in [0.25, 0.3) is 0 Å². The van der Waals surface area contributed by atoms with Crippen molar-refractivity contribution in [2.24, 2.45) is 0 Å². The summed E-state index contributed by atoms with van der Waals surface area (Å²) >= 11 is 6.14. The second-order valence-corrected chi connectivity index (χ2v) is 7.40. The number of hydrogen-bond acceptors (Lipinski definition) is 4. The number of rotatable bonds is 6. The van der Waals surface area contributed by atoms with Crippen molar-refractivity contribution in [3.8, 4) is 11.5 Å². The third-order valence-electron chi connectivity index (χ3n) is 5.08. The molecule has 0 aliphatic heterocycles. The van der Waals surface area contributed by atoms with Gasteiger partial charge >= 0.3 is 0 Å². The summed E-state index contributed by atoms with van der Waals surface area (Å²) in [5.41, 5.74) is 0.970. The molecule has 2 N–H and O–H groups in total. The maximum absolute atomic E-state index is 13.0. The maximum atomic E-state index is 13.0. The first-order valence-electron chi connectivity index (χ1n) is 9.66. The molecule has 0 spiro atoms. The molecule has 2 aromatic rings. The van der Waals surface area contributed by atoms with Gasteiger partial charge in [-0.1, -0.05) is 43.0 Å². The summed E-state index contributed by atoms with van der Waals surface area (Å²) in [5.74, 6) is 0.162. The van der Waals surface area contributed by atoms with Crippen molar-refractivity contribution in [3.63, 3.8) is 0 Å². The Hall–Kier alpha value is -2.73. The molecule has 0 heterocycles. The van der Waals surface area contributed by atoms with Crippen molar-refractivity contribution in [1.29, 1.82) is 0 Å². The monoisotopic (exact) mass is 416 g/mol. The molecule has 1 fully saturated rings. The molecule has 29 heavy (non-hydrogen) atoms. The first kappa shape index (κ1) is 21.0. The Kier molecular flexibility index (Phi) is 6.99. The van der Waals surface area contributed by atoms with Crippen molar-refractivity contribution in [2.75, 3.05) is 19.5 Å². The summed E-state index contributed by atoms with van der Waals surface area (Å²) in [4.78, 5) is 25.8. The van der Waals surface area contributed by atoms with E-state index in [2.05, 4.69) is 10.6 Å². The number of hydrogen-bond donors (Lipinski definition) is 2. The lowest BCUT2D eigenvalue weighted by Crippen LogP contribution is -2.36. The zero-order valence-electron chi connectivity index (χ0n) is 16.6. The van der Waals surface area contributed by atoms with Crippen molar-refractivity contribution in [2.45, 2.75) is 38.1 Å². The van der Waals surface area contributed by atoms with Gasteiger partial charge in [-0.25, -0.2) is 0 Å². The highest BCUT2D eigenvalue weighted by Crippen LogP contribution is 2.34. The van der Waals surface area contributed by atoms with E-state index >= 15 is 0 Å². The molecule has 1 aliphatic carbocycles. The predicted molar refractivity (Wildman–Crippen MR) is 113 cm³/mol. The Morgan fingerprint density at radius 3 is 2.24 bits per heavy atom. The van der Waals surface area contributed by atoms with Gasteiger partial charge in [-0.05, 0) is 31.0 Å². The molecule has 0 bridgehead atoms. The summed E-state index contributed by atoms with van der Waals surface area (Å²) in [6.45, 7) is 0. The van der Waals surface area contributed by atoms with Crippen LogP contribution in [0, 0.1) is 0 Å². The largest absolute Gasteiger partial charge is 0.493 e. The minimum atomic E-state index is -0.408. The maximum Gasteiger partial charge on any atom is 0.257 e. The fourth-order valence-corrected chi connectivity index (χ4v) is 3.74. The van der Waals surface area contributed by atoms with Gasteiger partial charge in [0.15, 0.2) is 11.5 Å². The van der Waals surface area contributed by atoms with Gasteiger partial charge in [0.25, 0.3) is 11.8 Å². The van der Waals surface area contributed by atoms with Crippen molar-refractivity contribution >= 4 is 29.1 Å². The Balaban J connectivity index is 1.92. The normalized spacial score (nSPS) is 14.2. The zero-order valence-corrected chi connectivity index (χ0v) is 17.3. The molecule has 154 valence electrons. The van der Waals surface area contributed by atoms with Gasteiger partial charge in [0.05, 0.1) is 36.1 Å². The Morgan fingerprint density at radius 2 is 1.59 bits per heavy atom. The Morgan fingerprint density at radius 1 is 0.931 bits per heavy atom. The van der Waals surface area contributed by atoms with Crippen LogP contribution in [0.5, 0.6) is 11.5 Å². The van der Waals surface area contributed by atoms with Crippen LogP contribution in [0.1, 0.15) is 52.8 Å². The van der Waals surface area contributed by atoms with Gasteiger partial charge in [0, 0.05) is 12.1 Å². The van der Waals surface area contributed by atoms with E-state index in [1.807, 2.05) is 0 Å². The molecule has 0 atom stereocenters. The summed E-state index contributed by atoms with van der Waals surface area (Å²) in [7, 11) is 3.00. The number of carbonyl (C=O) groups is 2. The van der Waals surface area contributed by atoms with Crippen molar-refractivity contribution in [3.05, 3.63) is 52.5 Å². The number of ether oxygens (including phenoxy) is 2. The van der Waals surface area contributed by atoms with Crippen LogP contribution < -0.4 is 20.1 Å². The molecule has 0 aromatic heterocycles. The van der Waals surface area contributed by atoms with Crippen LogP contribution >= 0.6 is 11.6 Å². The number of methoxy groups -OCH3 is 2. The van der Waals surface area contributed by atoms with E-state index in [0.29, 0.717) is 33.3 Å². The van der Waals surface area contributed by atoms with Crippen LogP contribution in [-0.4, -0.2) is 32.1 Å². The first-order chi connectivity index (χ1) is 14.0. The average molecular weight is 417 g/mol. The van der Waals surface area contributed by atoms with Crippen LogP contribution in [0.2, 0.25) is 5.02 Å². The Bertz CT molecular complexity index is 894. The highest BCUT2D eigenvalue weighted by atomic mass is 35.5. The topological polar surface area (TPSA) is 76.7 Å². The highest BCUT2D eigenvalue weighted by molar-refractivity contribution is 6.34. The minimum Gasteiger partial charge on any atom is -0.493 e. The first-order valence-corrected chi connectivity index (χ1v) is 10.0. The van der Waals surface area contributed by atoms with Crippen LogP contribution in [0.15, 0.2) is 36.4 Å². The molecule has 0 unspecified atom stereocenters. The predicted octanol–water partition coefficient (Wildman–Crippen LogP) is 4.67. The molecule has 1 aliphatic rings. The molecule has 2 aromatic carbocycles. The molecule has 3 rings (SSSR count). The summed E-state index contributed by atoms with van der Waals surface area (Å²) in [6.07, 6.45) is 5.32. The summed E-state index contributed by atoms with van der Waals surface area (Å²) in [6, 6.07) is 10.0. The SMILES string of the molecule is COc1cc(NC(=O)c2ccccc2Cl)c(C(=O)NC2CCCCC2)cc1OC. The van der Waals surface area contributed by atoms with Gasteiger partial charge in [-0.2, -0.15) is 0 Å². The number of amides is 2. The molecule has 1 saturated carbocycles. The van der Waals surface area contributed by atoms with E-state index in [-0.39, 0.29) is 11.9 Å². The second-order valence-electron chi connectivity index (χ2n) is 7.00. The van der Waals surface area contributed by atoms with E-state index in [9.17, 15) is 9.59 Å². The van der Waals surface area contributed by atoms with Gasteiger partial charge < -0.3 is 20.1 Å². The third-order valence-corrected chi connectivity index (χ3v) is 5.40.